The van der Waals surface area contributed by atoms with Gasteiger partial charge in [-0.1, -0.05) is 0 Å². The van der Waals surface area contributed by atoms with Crippen molar-refractivity contribution < 1.29 is 13.9 Å². The van der Waals surface area contributed by atoms with Gasteiger partial charge >= 0.3 is 0 Å². The van der Waals surface area contributed by atoms with Crippen molar-refractivity contribution in [2.24, 2.45) is 0 Å². The van der Waals surface area contributed by atoms with E-state index in [0.717, 1.165) is 56.4 Å². The second-order valence-electron chi connectivity index (χ2n) is 7.49. The third-order valence-electron chi connectivity index (χ3n) is 5.06. The fraction of sp³-hybridized carbons (Fsp3) is 0.684. The van der Waals surface area contributed by atoms with Crippen molar-refractivity contribution in [3.8, 4) is 11.6 Å². The Morgan fingerprint density at radius 3 is 2.65 bits per heavy atom. The van der Waals surface area contributed by atoms with Gasteiger partial charge in [-0.05, 0) is 39.3 Å². The van der Waals surface area contributed by atoms with Gasteiger partial charge in [0.2, 0.25) is 5.82 Å². The molecule has 26 heavy (non-hydrogen) atoms. The molecular formula is C19H28N4O3. The fourth-order valence-electron chi connectivity index (χ4n) is 3.92. The molecule has 3 atom stereocenters. The van der Waals surface area contributed by atoms with Crippen LogP contribution in [0.25, 0.3) is 11.6 Å². The first-order valence-electron chi connectivity index (χ1n) is 9.56. The van der Waals surface area contributed by atoms with E-state index in [4.69, 9.17) is 24.0 Å². The third-order valence-corrected chi connectivity index (χ3v) is 5.06. The largest absolute Gasteiger partial charge is 0.458 e. The standard InChI is InChI=1S/C19H28N4O3/c1-13-4-5-17(26-13)19-20-18(23(21-19)16-7-9-24-12-16)6-8-22-10-14(2)25-15(3)11-22/h4-5,14-16H,6-12H2,1-3H3/t14-,15+,16?. The number of furan rings is 1. The summed E-state index contributed by atoms with van der Waals surface area (Å²) >= 11 is 0. The monoisotopic (exact) mass is 360 g/mol. The summed E-state index contributed by atoms with van der Waals surface area (Å²) in [6, 6.07) is 4.16. The molecule has 0 radical (unpaired) electrons. The molecule has 7 heteroatoms. The zero-order valence-corrected chi connectivity index (χ0v) is 15.9. The summed E-state index contributed by atoms with van der Waals surface area (Å²) in [5.74, 6) is 3.29. The Hall–Kier alpha value is -1.70. The van der Waals surface area contributed by atoms with Crippen LogP contribution in [-0.4, -0.2) is 64.7 Å². The minimum absolute atomic E-state index is 0.268. The molecule has 4 heterocycles. The smallest absolute Gasteiger partial charge is 0.217 e. The first kappa shape index (κ1) is 17.7. The normalized spacial score (nSPS) is 27.3. The summed E-state index contributed by atoms with van der Waals surface area (Å²) in [5.41, 5.74) is 0. The van der Waals surface area contributed by atoms with Crippen molar-refractivity contribution in [1.82, 2.24) is 19.7 Å². The molecule has 4 rings (SSSR count). The number of nitrogens with zero attached hydrogens (tertiary/aromatic N) is 4. The zero-order chi connectivity index (χ0) is 18.1. The minimum Gasteiger partial charge on any atom is -0.458 e. The average Bonchev–Trinajstić information content (AvgIpc) is 3.32. The maximum atomic E-state index is 5.83. The van der Waals surface area contributed by atoms with Gasteiger partial charge in [0, 0.05) is 32.7 Å². The van der Waals surface area contributed by atoms with Gasteiger partial charge in [0.1, 0.15) is 11.6 Å². The van der Waals surface area contributed by atoms with Gasteiger partial charge in [-0.3, -0.25) is 4.90 Å². The van der Waals surface area contributed by atoms with Crippen molar-refractivity contribution >= 4 is 0 Å². The third kappa shape index (κ3) is 3.84. The predicted octanol–water partition coefficient (Wildman–Crippen LogP) is 2.46. The number of hydrogen-bond donors (Lipinski definition) is 0. The quantitative estimate of drug-likeness (QED) is 0.816. The van der Waals surface area contributed by atoms with Gasteiger partial charge in [-0.25, -0.2) is 9.67 Å². The Morgan fingerprint density at radius 1 is 1.19 bits per heavy atom. The Bertz CT molecular complexity index is 725. The Morgan fingerprint density at radius 2 is 2.00 bits per heavy atom. The first-order chi connectivity index (χ1) is 12.6. The molecule has 2 aromatic heterocycles. The van der Waals surface area contributed by atoms with Gasteiger partial charge in [-0.15, -0.1) is 5.10 Å². The number of hydrogen-bond acceptors (Lipinski definition) is 6. The van der Waals surface area contributed by atoms with E-state index in [2.05, 4.69) is 23.4 Å². The molecular weight excluding hydrogens is 332 g/mol. The second kappa shape index (κ2) is 7.50. The van der Waals surface area contributed by atoms with Crippen LogP contribution in [0, 0.1) is 6.92 Å². The van der Waals surface area contributed by atoms with Crippen molar-refractivity contribution in [3.05, 3.63) is 23.7 Å². The predicted molar refractivity (Wildman–Crippen MR) is 97.1 cm³/mol. The fourth-order valence-corrected chi connectivity index (χ4v) is 3.92. The SMILES string of the molecule is Cc1ccc(-c2nc(CCN3C[C@@H](C)O[C@@H](C)C3)n(C3CCOC3)n2)o1. The number of ether oxygens (including phenoxy) is 2. The van der Waals surface area contributed by atoms with Gasteiger partial charge in [0.05, 0.1) is 24.9 Å². The van der Waals surface area contributed by atoms with E-state index in [1.165, 1.54) is 0 Å². The van der Waals surface area contributed by atoms with Gasteiger partial charge in [0.25, 0.3) is 0 Å². The van der Waals surface area contributed by atoms with E-state index < -0.39 is 0 Å². The van der Waals surface area contributed by atoms with E-state index in [9.17, 15) is 0 Å². The Kier molecular flexibility index (Phi) is 5.11. The van der Waals surface area contributed by atoms with Crippen LogP contribution in [0.2, 0.25) is 0 Å². The van der Waals surface area contributed by atoms with Crippen molar-refractivity contribution in [2.45, 2.75) is 51.9 Å². The van der Waals surface area contributed by atoms with E-state index in [1.54, 1.807) is 0 Å². The average molecular weight is 360 g/mol. The van der Waals surface area contributed by atoms with Crippen LogP contribution in [0.4, 0.5) is 0 Å². The summed E-state index contributed by atoms with van der Waals surface area (Å²) in [4.78, 5) is 7.26. The number of rotatable bonds is 5. The van der Waals surface area contributed by atoms with E-state index in [-0.39, 0.29) is 18.2 Å². The van der Waals surface area contributed by atoms with Crippen LogP contribution in [0.1, 0.15) is 37.9 Å². The van der Waals surface area contributed by atoms with Crippen molar-refractivity contribution in [1.29, 1.82) is 0 Å². The zero-order valence-electron chi connectivity index (χ0n) is 15.9. The highest BCUT2D eigenvalue weighted by atomic mass is 16.5. The summed E-state index contributed by atoms with van der Waals surface area (Å²) < 4.78 is 19.2. The van der Waals surface area contributed by atoms with Crippen LogP contribution >= 0.6 is 0 Å². The summed E-state index contributed by atoms with van der Waals surface area (Å²) in [6.07, 6.45) is 2.41. The maximum Gasteiger partial charge on any atom is 0.217 e. The molecule has 1 unspecified atom stereocenters. The van der Waals surface area contributed by atoms with Crippen LogP contribution in [0.15, 0.2) is 16.5 Å². The maximum absolute atomic E-state index is 5.83. The molecule has 0 N–H and O–H groups in total. The van der Waals surface area contributed by atoms with E-state index in [1.807, 2.05) is 19.1 Å². The number of aromatic nitrogens is 3. The molecule has 0 aliphatic carbocycles. The molecule has 0 amide bonds. The molecule has 2 saturated heterocycles. The van der Waals surface area contributed by atoms with E-state index >= 15 is 0 Å². The van der Waals surface area contributed by atoms with Crippen LogP contribution in [0.5, 0.6) is 0 Å². The summed E-state index contributed by atoms with van der Waals surface area (Å²) in [6.45, 7) is 10.6. The molecule has 142 valence electrons. The topological polar surface area (TPSA) is 65.6 Å². The highest BCUT2D eigenvalue weighted by Gasteiger charge is 2.26. The molecule has 7 nitrogen and oxygen atoms in total. The molecule has 2 fully saturated rings. The first-order valence-corrected chi connectivity index (χ1v) is 9.56. The molecule has 2 aromatic rings. The molecule has 0 bridgehead atoms. The van der Waals surface area contributed by atoms with Gasteiger partial charge in [-0.2, -0.15) is 0 Å². The van der Waals surface area contributed by atoms with Crippen LogP contribution < -0.4 is 0 Å². The highest BCUT2D eigenvalue weighted by molar-refractivity contribution is 5.46. The lowest BCUT2D eigenvalue weighted by Crippen LogP contribution is -2.46. The Labute approximate surface area is 154 Å². The number of morpholine rings is 1. The molecule has 0 aromatic carbocycles. The number of aryl methyl sites for hydroxylation is 1. The second-order valence-corrected chi connectivity index (χ2v) is 7.49. The lowest BCUT2D eigenvalue weighted by molar-refractivity contribution is -0.0677. The van der Waals surface area contributed by atoms with Crippen molar-refractivity contribution in [2.75, 3.05) is 32.8 Å². The lowest BCUT2D eigenvalue weighted by Gasteiger charge is -2.35. The van der Waals surface area contributed by atoms with Crippen LogP contribution in [0.3, 0.4) is 0 Å². The molecule has 0 saturated carbocycles. The van der Waals surface area contributed by atoms with Crippen molar-refractivity contribution in [3.63, 3.8) is 0 Å². The van der Waals surface area contributed by atoms with E-state index in [0.29, 0.717) is 12.4 Å². The summed E-state index contributed by atoms with van der Waals surface area (Å²) in [7, 11) is 0. The molecule has 2 aliphatic rings. The molecule has 2 aliphatic heterocycles. The van der Waals surface area contributed by atoms with Gasteiger partial charge < -0.3 is 13.9 Å². The Balaban J connectivity index is 1.52. The highest BCUT2D eigenvalue weighted by Crippen LogP contribution is 2.24. The van der Waals surface area contributed by atoms with Gasteiger partial charge in [0.15, 0.2) is 5.76 Å². The lowest BCUT2D eigenvalue weighted by atomic mass is 10.2. The van der Waals surface area contributed by atoms with Crippen LogP contribution in [-0.2, 0) is 15.9 Å². The summed E-state index contributed by atoms with van der Waals surface area (Å²) in [5, 5.41) is 4.76. The minimum atomic E-state index is 0.268. The molecule has 0 spiro atoms.